The van der Waals surface area contributed by atoms with Gasteiger partial charge in [0, 0.05) is 23.8 Å². The molecule has 0 amide bonds. The first-order valence-electron chi connectivity index (χ1n) is 7.49. The van der Waals surface area contributed by atoms with E-state index in [9.17, 15) is 4.79 Å². The van der Waals surface area contributed by atoms with E-state index in [0.29, 0.717) is 17.1 Å². The molecule has 0 bridgehead atoms. The molecule has 1 spiro atoms. The molecule has 2 aliphatic carbocycles. The summed E-state index contributed by atoms with van der Waals surface area (Å²) in [6, 6.07) is 6.40. The van der Waals surface area contributed by atoms with E-state index in [-0.39, 0.29) is 5.92 Å². The largest absolute Gasteiger partial charge is 0.493 e. The second-order valence-electron chi connectivity index (χ2n) is 6.43. The molecule has 0 N–H and O–H groups in total. The lowest BCUT2D eigenvalue weighted by atomic mass is 9.93. The van der Waals surface area contributed by atoms with E-state index in [4.69, 9.17) is 4.74 Å². The Bertz CT molecular complexity index is 540. The molecule has 0 aromatic heterocycles. The molecule has 0 radical (unpaired) electrons. The Morgan fingerprint density at radius 1 is 1.32 bits per heavy atom. The van der Waals surface area contributed by atoms with E-state index in [2.05, 4.69) is 18.2 Å². The number of benzene rings is 1. The van der Waals surface area contributed by atoms with Crippen molar-refractivity contribution in [3.8, 4) is 5.75 Å². The second-order valence-corrected chi connectivity index (χ2v) is 6.43. The van der Waals surface area contributed by atoms with Crippen LogP contribution < -0.4 is 4.74 Å². The fraction of sp³-hybridized carbons (Fsp3) is 0.588. The summed E-state index contributed by atoms with van der Waals surface area (Å²) in [6.45, 7) is 2.58. The number of Topliss-reactive ketones (excluding diaryl/α,β-unsaturated/α-hetero) is 1. The molecule has 100 valence electrons. The summed E-state index contributed by atoms with van der Waals surface area (Å²) in [5.41, 5.74) is 3.10. The van der Waals surface area contributed by atoms with Gasteiger partial charge in [-0.25, -0.2) is 0 Å². The number of fused-ring (bicyclic) bond motifs is 1. The Morgan fingerprint density at radius 3 is 2.84 bits per heavy atom. The smallest absolute Gasteiger partial charge is 0.134 e. The monoisotopic (exact) mass is 256 g/mol. The van der Waals surface area contributed by atoms with Gasteiger partial charge in [-0.1, -0.05) is 25.0 Å². The van der Waals surface area contributed by atoms with Crippen LogP contribution >= 0.6 is 0 Å². The third-order valence-corrected chi connectivity index (χ3v) is 5.55. The first-order valence-corrected chi connectivity index (χ1v) is 7.49. The van der Waals surface area contributed by atoms with E-state index in [1.165, 1.54) is 36.8 Å². The molecule has 2 fully saturated rings. The lowest BCUT2D eigenvalue weighted by Crippen LogP contribution is -2.03. The van der Waals surface area contributed by atoms with Crippen LogP contribution in [0.25, 0.3) is 0 Å². The highest BCUT2D eigenvalue weighted by Crippen LogP contribution is 2.73. The van der Waals surface area contributed by atoms with E-state index in [0.717, 1.165) is 18.8 Å². The minimum Gasteiger partial charge on any atom is -0.493 e. The molecule has 1 aromatic rings. The van der Waals surface area contributed by atoms with Crippen LogP contribution in [-0.2, 0) is 11.2 Å². The first kappa shape index (κ1) is 11.5. The normalized spacial score (nSPS) is 30.2. The fourth-order valence-corrected chi connectivity index (χ4v) is 4.82. The minimum atomic E-state index is 0.280. The van der Waals surface area contributed by atoms with Crippen LogP contribution in [0.1, 0.15) is 49.7 Å². The predicted molar refractivity (Wildman–Crippen MR) is 73.5 cm³/mol. The highest BCUT2D eigenvalue weighted by Gasteiger charge is 2.67. The lowest BCUT2D eigenvalue weighted by molar-refractivity contribution is -0.119. The summed E-state index contributed by atoms with van der Waals surface area (Å²) in [6.07, 6.45) is 6.10. The molecule has 19 heavy (non-hydrogen) atoms. The number of carbonyl (C=O) groups excluding carboxylic acids is 1. The zero-order valence-corrected chi connectivity index (χ0v) is 11.4. The Labute approximate surface area is 114 Å². The molecule has 2 saturated carbocycles. The number of rotatable bonds is 2. The van der Waals surface area contributed by atoms with Crippen LogP contribution in [0.3, 0.4) is 0 Å². The highest BCUT2D eigenvalue weighted by atomic mass is 16.5. The average molecular weight is 256 g/mol. The maximum Gasteiger partial charge on any atom is 0.134 e. The number of carbonyl (C=O) groups is 1. The lowest BCUT2D eigenvalue weighted by Gasteiger charge is -2.10. The van der Waals surface area contributed by atoms with Crippen molar-refractivity contribution in [2.45, 2.75) is 44.9 Å². The van der Waals surface area contributed by atoms with E-state index >= 15 is 0 Å². The van der Waals surface area contributed by atoms with Crippen LogP contribution in [0.15, 0.2) is 18.2 Å². The molecular weight excluding hydrogens is 236 g/mol. The van der Waals surface area contributed by atoms with Gasteiger partial charge in [0.25, 0.3) is 0 Å². The zero-order chi connectivity index (χ0) is 13.0. The Hall–Kier alpha value is -1.31. The van der Waals surface area contributed by atoms with Gasteiger partial charge in [0.2, 0.25) is 0 Å². The van der Waals surface area contributed by atoms with E-state index < -0.39 is 0 Å². The van der Waals surface area contributed by atoms with Gasteiger partial charge >= 0.3 is 0 Å². The molecule has 1 heterocycles. The molecule has 0 saturated heterocycles. The molecular formula is C17H20O2. The highest BCUT2D eigenvalue weighted by molar-refractivity contribution is 5.85. The summed E-state index contributed by atoms with van der Waals surface area (Å²) in [5, 5.41) is 0. The van der Waals surface area contributed by atoms with Crippen LogP contribution in [-0.4, -0.2) is 12.4 Å². The van der Waals surface area contributed by atoms with Gasteiger partial charge in [0.1, 0.15) is 11.5 Å². The third-order valence-electron chi connectivity index (χ3n) is 5.55. The van der Waals surface area contributed by atoms with Crippen LogP contribution in [0.2, 0.25) is 0 Å². The van der Waals surface area contributed by atoms with Crippen molar-refractivity contribution < 1.29 is 9.53 Å². The van der Waals surface area contributed by atoms with Crippen molar-refractivity contribution >= 4 is 5.78 Å². The zero-order valence-electron chi connectivity index (χ0n) is 11.4. The number of hydrogen-bond acceptors (Lipinski definition) is 2. The van der Waals surface area contributed by atoms with Crippen LogP contribution in [0.4, 0.5) is 0 Å². The van der Waals surface area contributed by atoms with Gasteiger partial charge in [0.05, 0.1) is 6.61 Å². The summed E-state index contributed by atoms with van der Waals surface area (Å²) < 4.78 is 5.68. The van der Waals surface area contributed by atoms with Crippen molar-refractivity contribution in [1.29, 1.82) is 0 Å². The molecule has 2 heteroatoms. The average Bonchev–Trinajstić information content (AvgIpc) is 2.75. The van der Waals surface area contributed by atoms with Crippen molar-refractivity contribution in [2.24, 2.45) is 11.3 Å². The molecule has 2 nitrogen and oxygen atoms in total. The van der Waals surface area contributed by atoms with Gasteiger partial charge in [-0.15, -0.1) is 0 Å². The minimum absolute atomic E-state index is 0.280. The van der Waals surface area contributed by atoms with Gasteiger partial charge in [-0.3, -0.25) is 4.79 Å². The molecule has 3 aliphatic rings. The summed E-state index contributed by atoms with van der Waals surface area (Å²) in [4.78, 5) is 12.0. The standard InChI is InChI=1S/C17H20O2/c1-11(18)15-16(17(15)8-2-3-9-17)13-5-4-6-14-12(13)7-10-19-14/h4-6,15-16H,2-3,7-10H2,1H3. The molecule has 2 atom stereocenters. The van der Waals surface area contributed by atoms with Crippen molar-refractivity contribution in [1.82, 2.24) is 0 Å². The second kappa shape index (κ2) is 3.84. The van der Waals surface area contributed by atoms with Gasteiger partial charge in [-0.2, -0.15) is 0 Å². The van der Waals surface area contributed by atoms with Gasteiger partial charge < -0.3 is 4.74 Å². The maximum atomic E-state index is 12.0. The van der Waals surface area contributed by atoms with Crippen molar-refractivity contribution in [2.75, 3.05) is 6.61 Å². The molecule has 1 aromatic carbocycles. The van der Waals surface area contributed by atoms with Crippen molar-refractivity contribution in [3.05, 3.63) is 29.3 Å². The van der Waals surface area contributed by atoms with Crippen LogP contribution in [0.5, 0.6) is 5.75 Å². The summed E-state index contributed by atoms with van der Waals surface area (Å²) in [7, 11) is 0. The molecule has 1 aliphatic heterocycles. The Balaban J connectivity index is 1.77. The first-order chi connectivity index (χ1) is 9.24. The van der Waals surface area contributed by atoms with E-state index in [1.54, 1.807) is 6.92 Å². The molecule has 4 rings (SSSR count). The topological polar surface area (TPSA) is 26.3 Å². The Morgan fingerprint density at radius 2 is 2.11 bits per heavy atom. The number of ketones is 1. The number of hydrogen-bond donors (Lipinski definition) is 0. The predicted octanol–water partition coefficient (Wildman–Crippen LogP) is 3.48. The van der Waals surface area contributed by atoms with Gasteiger partial charge in [0.15, 0.2) is 0 Å². The fourth-order valence-electron chi connectivity index (χ4n) is 4.82. The van der Waals surface area contributed by atoms with Gasteiger partial charge in [-0.05, 0) is 36.8 Å². The van der Waals surface area contributed by atoms with E-state index in [1.807, 2.05) is 0 Å². The molecule has 2 unspecified atom stereocenters. The maximum absolute atomic E-state index is 12.0. The number of ether oxygens (including phenoxy) is 1. The SMILES string of the molecule is CC(=O)C1C(c2cccc3c2CCO3)C12CCCC2. The summed E-state index contributed by atoms with van der Waals surface area (Å²) in [5.74, 6) is 2.20. The van der Waals surface area contributed by atoms with Crippen molar-refractivity contribution in [3.63, 3.8) is 0 Å². The van der Waals surface area contributed by atoms with Crippen LogP contribution in [0, 0.1) is 11.3 Å². The Kier molecular flexibility index (Phi) is 2.33. The third kappa shape index (κ3) is 1.46. The summed E-state index contributed by atoms with van der Waals surface area (Å²) >= 11 is 0. The quantitative estimate of drug-likeness (QED) is 0.809.